The number of ether oxygens (including phenoxy) is 1. The summed E-state index contributed by atoms with van der Waals surface area (Å²) in [4.78, 5) is 11.9. The first kappa shape index (κ1) is 17.9. The smallest absolute Gasteiger partial charge is 0.417 e. The van der Waals surface area contributed by atoms with Crippen molar-refractivity contribution in [2.45, 2.75) is 6.18 Å². The Bertz CT molecular complexity index is 773. The van der Waals surface area contributed by atoms with Crippen molar-refractivity contribution in [3.8, 4) is 5.75 Å². The fourth-order valence-electron chi connectivity index (χ4n) is 1.97. The van der Waals surface area contributed by atoms with E-state index >= 15 is 0 Å². The molecule has 24 heavy (non-hydrogen) atoms. The second-order valence-electron chi connectivity index (χ2n) is 4.76. The molecular weight excluding hydrogens is 343 g/mol. The molecule has 0 atom stereocenters. The van der Waals surface area contributed by atoms with Crippen LogP contribution < -0.4 is 10.1 Å². The van der Waals surface area contributed by atoms with Crippen LogP contribution in [-0.4, -0.2) is 13.0 Å². The van der Waals surface area contributed by atoms with E-state index in [1.54, 1.807) is 24.3 Å². The Balaban J connectivity index is 2.14. The highest BCUT2D eigenvalue weighted by molar-refractivity contribution is 6.31. The second-order valence-corrected chi connectivity index (χ2v) is 5.16. The molecule has 2 aromatic rings. The monoisotopic (exact) mass is 355 g/mol. The molecule has 0 aromatic heterocycles. The Morgan fingerprint density at radius 3 is 2.58 bits per heavy atom. The van der Waals surface area contributed by atoms with E-state index in [2.05, 4.69) is 5.32 Å². The number of hydrogen-bond acceptors (Lipinski definition) is 2. The Morgan fingerprint density at radius 1 is 1.21 bits per heavy atom. The number of benzene rings is 2. The molecule has 0 radical (unpaired) electrons. The molecule has 0 fully saturated rings. The van der Waals surface area contributed by atoms with Gasteiger partial charge >= 0.3 is 6.18 Å². The van der Waals surface area contributed by atoms with Crippen LogP contribution >= 0.6 is 11.6 Å². The number of anilines is 1. The van der Waals surface area contributed by atoms with Crippen LogP contribution in [-0.2, 0) is 11.0 Å². The Hall–Kier alpha value is -2.47. The zero-order valence-corrected chi connectivity index (χ0v) is 13.3. The first-order valence-electron chi connectivity index (χ1n) is 6.80. The molecule has 0 aliphatic heterocycles. The van der Waals surface area contributed by atoms with Crippen molar-refractivity contribution in [3.63, 3.8) is 0 Å². The molecule has 7 heteroatoms. The summed E-state index contributed by atoms with van der Waals surface area (Å²) in [6.45, 7) is 0. The summed E-state index contributed by atoms with van der Waals surface area (Å²) < 4.78 is 43.5. The van der Waals surface area contributed by atoms with Gasteiger partial charge in [-0.05, 0) is 30.3 Å². The van der Waals surface area contributed by atoms with Crippen LogP contribution in [0.1, 0.15) is 11.1 Å². The number of alkyl halides is 3. The van der Waals surface area contributed by atoms with Gasteiger partial charge in [-0.1, -0.05) is 29.8 Å². The molecule has 0 saturated heterocycles. The molecule has 1 N–H and O–H groups in total. The first-order chi connectivity index (χ1) is 11.3. The SMILES string of the molecule is COc1ccccc1/C=C/C(=O)Nc1ccc(Cl)c(C(F)(F)F)c1. The summed E-state index contributed by atoms with van der Waals surface area (Å²) in [5.41, 5.74) is -0.334. The Morgan fingerprint density at radius 2 is 1.92 bits per heavy atom. The van der Waals surface area contributed by atoms with E-state index in [9.17, 15) is 18.0 Å². The molecule has 2 rings (SSSR count). The number of carbonyl (C=O) groups is 1. The third-order valence-corrected chi connectivity index (χ3v) is 3.42. The number of rotatable bonds is 4. The molecule has 0 aliphatic rings. The number of methoxy groups -OCH3 is 1. The van der Waals surface area contributed by atoms with Crippen molar-refractivity contribution < 1.29 is 22.7 Å². The van der Waals surface area contributed by atoms with Gasteiger partial charge in [0.05, 0.1) is 17.7 Å². The summed E-state index contributed by atoms with van der Waals surface area (Å²) in [6.07, 6.45) is -1.88. The van der Waals surface area contributed by atoms with Crippen LogP contribution in [0.3, 0.4) is 0 Å². The third kappa shape index (κ3) is 4.52. The average Bonchev–Trinajstić information content (AvgIpc) is 2.54. The van der Waals surface area contributed by atoms with E-state index in [4.69, 9.17) is 16.3 Å². The summed E-state index contributed by atoms with van der Waals surface area (Å²) in [5.74, 6) is 0.00348. The molecule has 2 aromatic carbocycles. The zero-order chi connectivity index (χ0) is 17.7. The lowest BCUT2D eigenvalue weighted by Gasteiger charge is -2.11. The van der Waals surface area contributed by atoms with Crippen molar-refractivity contribution in [3.05, 3.63) is 64.7 Å². The van der Waals surface area contributed by atoms with Gasteiger partial charge in [-0.2, -0.15) is 13.2 Å². The fraction of sp³-hybridized carbons (Fsp3) is 0.118. The molecule has 0 saturated carbocycles. The van der Waals surface area contributed by atoms with Crippen LogP contribution in [0.5, 0.6) is 5.75 Å². The lowest BCUT2D eigenvalue weighted by molar-refractivity contribution is -0.137. The van der Waals surface area contributed by atoms with Gasteiger partial charge in [0, 0.05) is 17.3 Å². The Kier molecular flexibility index (Phi) is 5.51. The third-order valence-electron chi connectivity index (χ3n) is 3.09. The van der Waals surface area contributed by atoms with Gasteiger partial charge in [-0.3, -0.25) is 4.79 Å². The highest BCUT2D eigenvalue weighted by Crippen LogP contribution is 2.36. The lowest BCUT2D eigenvalue weighted by atomic mass is 10.1. The van der Waals surface area contributed by atoms with Crippen LogP contribution in [0.2, 0.25) is 5.02 Å². The van der Waals surface area contributed by atoms with Gasteiger partial charge in [0.25, 0.3) is 0 Å². The number of amides is 1. The fourth-order valence-corrected chi connectivity index (χ4v) is 2.20. The number of para-hydroxylation sites is 1. The van der Waals surface area contributed by atoms with E-state index in [-0.39, 0.29) is 5.69 Å². The Labute approximate surface area is 141 Å². The number of nitrogens with one attached hydrogen (secondary N) is 1. The van der Waals surface area contributed by atoms with Crippen LogP contribution in [0.4, 0.5) is 18.9 Å². The van der Waals surface area contributed by atoms with Crippen LogP contribution in [0.25, 0.3) is 6.08 Å². The molecule has 0 spiro atoms. The minimum atomic E-state index is -4.59. The molecule has 0 bridgehead atoms. The molecule has 3 nitrogen and oxygen atoms in total. The van der Waals surface area contributed by atoms with E-state index in [0.717, 1.165) is 12.1 Å². The molecule has 0 unspecified atom stereocenters. The molecule has 1 amide bonds. The van der Waals surface area contributed by atoms with Crippen molar-refractivity contribution in [1.29, 1.82) is 0 Å². The highest BCUT2D eigenvalue weighted by Gasteiger charge is 2.33. The maximum Gasteiger partial charge on any atom is 0.417 e. The summed E-state index contributed by atoms with van der Waals surface area (Å²) in [5, 5.41) is 1.94. The van der Waals surface area contributed by atoms with Crippen molar-refractivity contribution in [1.82, 2.24) is 0 Å². The van der Waals surface area contributed by atoms with Crippen molar-refractivity contribution in [2.24, 2.45) is 0 Å². The lowest BCUT2D eigenvalue weighted by Crippen LogP contribution is -2.11. The highest BCUT2D eigenvalue weighted by atomic mass is 35.5. The summed E-state index contributed by atoms with van der Waals surface area (Å²) >= 11 is 5.53. The molecular formula is C17H13ClF3NO2. The van der Waals surface area contributed by atoms with Gasteiger partial charge in [-0.25, -0.2) is 0 Å². The van der Waals surface area contributed by atoms with Gasteiger partial charge in [0.1, 0.15) is 5.75 Å². The minimum Gasteiger partial charge on any atom is -0.496 e. The predicted octanol–water partition coefficient (Wildman–Crippen LogP) is 5.02. The number of carbonyl (C=O) groups excluding carboxylic acids is 1. The summed E-state index contributed by atoms with van der Waals surface area (Å²) in [7, 11) is 1.50. The molecule has 0 aliphatic carbocycles. The topological polar surface area (TPSA) is 38.3 Å². The van der Waals surface area contributed by atoms with Crippen LogP contribution in [0.15, 0.2) is 48.5 Å². The van der Waals surface area contributed by atoms with Crippen LogP contribution in [0, 0.1) is 0 Å². The second kappa shape index (κ2) is 7.40. The maximum absolute atomic E-state index is 12.8. The standard InChI is InChI=1S/C17H13ClF3NO2/c1-24-15-5-3-2-4-11(15)6-9-16(23)22-12-7-8-14(18)13(10-12)17(19,20)21/h2-10H,1H3,(H,22,23)/b9-6+. The first-order valence-corrected chi connectivity index (χ1v) is 7.18. The normalized spacial score (nSPS) is 11.5. The maximum atomic E-state index is 12.8. The van der Waals surface area contributed by atoms with E-state index < -0.39 is 22.7 Å². The largest absolute Gasteiger partial charge is 0.496 e. The van der Waals surface area contributed by atoms with Crippen molar-refractivity contribution in [2.75, 3.05) is 12.4 Å². The average molecular weight is 356 g/mol. The van der Waals surface area contributed by atoms with Gasteiger partial charge < -0.3 is 10.1 Å². The minimum absolute atomic E-state index is 0.00130. The van der Waals surface area contributed by atoms with Gasteiger partial charge in [0.2, 0.25) is 5.91 Å². The van der Waals surface area contributed by atoms with Gasteiger partial charge in [-0.15, -0.1) is 0 Å². The predicted molar refractivity (Wildman–Crippen MR) is 87.1 cm³/mol. The zero-order valence-electron chi connectivity index (χ0n) is 12.5. The molecule has 0 heterocycles. The number of hydrogen-bond donors (Lipinski definition) is 1. The van der Waals surface area contributed by atoms with E-state index in [0.29, 0.717) is 11.3 Å². The van der Waals surface area contributed by atoms with E-state index in [1.807, 2.05) is 0 Å². The van der Waals surface area contributed by atoms with Crippen molar-refractivity contribution >= 4 is 29.3 Å². The quantitative estimate of drug-likeness (QED) is 0.782. The molecule has 126 valence electrons. The van der Waals surface area contributed by atoms with E-state index in [1.165, 1.54) is 25.3 Å². The summed E-state index contributed by atoms with van der Waals surface area (Å²) in [6, 6.07) is 10.2. The van der Waals surface area contributed by atoms with Gasteiger partial charge in [0.15, 0.2) is 0 Å². The number of halogens is 4.